The molecule has 0 radical (unpaired) electrons. The van der Waals surface area contributed by atoms with Crippen molar-refractivity contribution >= 4 is 46.9 Å². The zero-order valence-corrected chi connectivity index (χ0v) is 13.4. The third-order valence-corrected chi connectivity index (χ3v) is 4.09. The van der Waals surface area contributed by atoms with Crippen molar-refractivity contribution in [3.63, 3.8) is 0 Å². The largest absolute Gasteiger partial charge is 0.381 e. The van der Waals surface area contributed by atoms with Gasteiger partial charge in [-0.25, -0.2) is 4.98 Å². The third-order valence-electron chi connectivity index (χ3n) is 3.78. The highest BCUT2D eigenvalue weighted by atomic mass is 35.5. The molecule has 1 aliphatic heterocycles. The lowest BCUT2D eigenvalue weighted by molar-refractivity contribution is -0.119. The molecule has 0 bridgehead atoms. The van der Waals surface area contributed by atoms with Gasteiger partial charge in [0, 0.05) is 13.2 Å². The number of nitrogens with two attached hydrogens (primary N) is 1. The van der Waals surface area contributed by atoms with Gasteiger partial charge in [0.2, 0.25) is 11.9 Å². The Labute approximate surface area is 139 Å². The highest BCUT2D eigenvalue weighted by molar-refractivity contribution is 6.35. The number of hydrogen-bond acceptors (Lipinski definition) is 4. The molecule has 1 saturated heterocycles. The normalized spacial score (nSPS) is 17.0. The second-order valence-electron chi connectivity index (χ2n) is 5.19. The molecule has 1 unspecified atom stereocenters. The second-order valence-corrected chi connectivity index (χ2v) is 5.59. The number of imidazole rings is 1. The number of carbonyl (C=O) groups is 1. The highest BCUT2D eigenvalue weighted by Gasteiger charge is 2.27. The number of nitrogens with zero attached hydrogens (tertiary/aromatic N) is 1. The summed E-state index contributed by atoms with van der Waals surface area (Å²) in [7, 11) is 0. The van der Waals surface area contributed by atoms with Gasteiger partial charge in [-0.05, 0) is 30.9 Å². The molecule has 120 valence electrons. The summed E-state index contributed by atoms with van der Waals surface area (Å²) in [5.41, 5.74) is 7.44. The van der Waals surface area contributed by atoms with Gasteiger partial charge >= 0.3 is 0 Å². The first-order valence-electron chi connectivity index (χ1n) is 6.93. The highest BCUT2D eigenvalue weighted by Crippen LogP contribution is 2.23. The van der Waals surface area contributed by atoms with Crippen LogP contribution in [-0.2, 0) is 9.53 Å². The van der Waals surface area contributed by atoms with Crippen molar-refractivity contribution in [3.05, 3.63) is 23.2 Å². The van der Waals surface area contributed by atoms with E-state index in [2.05, 4.69) is 15.3 Å². The molecule has 2 heterocycles. The summed E-state index contributed by atoms with van der Waals surface area (Å²) in [4.78, 5) is 19.5. The number of H-pyrrole nitrogens is 1. The number of rotatable bonds is 3. The quantitative estimate of drug-likeness (QED) is 0.796. The number of carbonyl (C=O) groups excluding carboxylic acids is 1. The van der Waals surface area contributed by atoms with E-state index in [4.69, 9.17) is 22.1 Å². The van der Waals surface area contributed by atoms with E-state index in [1.165, 1.54) is 0 Å². The molecule has 1 aromatic heterocycles. The Hall–Kier alpha value is -1.34. The molecular weight excluding hydrogens is 327 g/mol. The molecule has 4 N–H and O–H groups in total. The minimum Gasteiger partial charge on any atom is -0.381 e. The smallest absolute Gasteiger partial charge is 0.243 e. The SMILES string of the molecule is Cl.NC(C(=O)Nc1nc2c(Cl)cccc2[nH]1)C1CCOCC1. The molecule has 0 spiro atoms. The van der Waals surface area contributed by atoms with Gasteiger partial charge in [-0.2, -0.15) is 0 Å². The number of benzene rings is 1. The zero-order chi connectivity index (χ0) is 14.8. The molecule has 1 aromatic carbocycles. The van der Waals surface area contributed by atoms with E-state index >= 15 is 0 Å². The molecule has 0 saturated carbocycles. The number of anilines is 1. The Morgan fingerprint density at radius 3 is 2.86 bits per heavy atom. The molecule has 1 fully saturated rings. The van der Waals surface area contributed by atoms with Crippen molar-refractivity contribution in [3.8, 4) is 0 Å². The number of aromatic amines is 1. The predicted molar refractivity (Wildman–Crippen MR) is 88.5 cm³/mol. The van der Waals surface area contributed by atoms with Crippen LogP contribution in [0.4, 0.5) is 5.95 Å². The van der Waals surface area contributed by atoms with Gasteiger partial charge in [0.1, 0.15) is 5.52 Å². The van der Waals surface area contributed by atoms with E-state index < -0.39 is 6.04 Å². The van der Waals surface area contributed by atoms with Crippen molar-refractivity contribution in [2.45, 2.75) is 18.9 Å². The Bertz CT molecular complexity index is 655. The fourth-order valence-electron chi connectivity index (χ4n) is 2.55. The molecule has 1 atom stereocenters. The van der Waals surface area contributed by atoms with Crippen LogP contribution in [0.5, 0.6) is 0 Å². The van der Waals surface area contributed by atoms with Crippen LogP contribution in [-0.4, -0.2) is 35.1 Å². The van der Waals surface area contributed by atoms with Gasteiger partial charge in [-0.3, -0.25) is 10.1 Å². The van der Waals surface area contributed by atoms with Gasteiger partial charge in [0.25, 0.3) is 0 Å². The Balaban J connectivity index is 0.00000176. The van der Waals surface area contributed by atoms with Crippen LogP contribution in [0, 0.1) is 5.92 Å². The lowest BCUT2D eigenvalue weighted by atomic mass is 9.92. The lowest BCUT2D eigenvalue weighted by Gasteiger charge is -2.26. The van der Waals surface area contributed by atoms with Crippen LogP contribution >= 0.6 is 24.0 Å². The summed E-state index contributed by atoms with van der Waals surface area (Å²) in [5.74, 6) is 0.273. The Morgan fingerprint density at radius 2 is 2.18 bits per heavy atom. The number of ether oxygens (including phenoxy) is 1. The van der Waals surface area contributed by atoms with Crippen molar-refractivity contribution in [1.29, 1.82) is 0 Å². The Morgan fingerprint density at radius 1 is 1.45 bits per heavy atom. The first-order chi connectivity index (χ1) is 10.1. The summed E-state index contributed by atoms with van der Waals surface area (Å²) in [5, 5.41) is 3.27. The van der Waals surface area contributed by atoms with Crippen LogP contribution in [0.2, 0.25) is 5.02 Å². The van der Waals surface area contributed by atoms with Crippen molar-refractivity contribution in [1.82, 2.24) is 9.97 Å². The zero-order valence-electron chi connectivity index (χ0n) is 11.8. The number of nitrogens with one attached hydrogen (secondary N) is 2. The van der Waals surface area contributed by atoms with E-state index in [9.17, 15) is 4.79 Å². The predicted octanol–water partition coefficient (Wildman–Crippen LogP) is 2.33. The summed E-state index contributed by atoms with van der Waals surface area (Å²) in [6, 6.07) is 4.87. The molecule has 2 aromatic rings. The molecule has 8 heteroatoms. The van der Waals surface area contributed by atoms with Crippen LogP contribution < -0.4 is 11.1 Å². The number of hydrogen-bond donors (Lipinski definition) is 3. The van der Waals surface area contributed by atoms with Crippen LogP contribution in [0.15, 0.2) is 18.2 Å². The number of para-hydroxylation sites is 1. The van der Waals surface area contributed by atoms with Crippen molar-refractivity contribution < 1.29 is 9.53 Å². The van der Waals surface area contributed by atoms with Gasteiger partial charge in [0.15, 0.2) is 0 Å². The molecule has 22 heavy (non-hydrogen) atoms. The number of fused-ring (bicyclic) bond motifs is 1. The Kier molecular flexibility index (Phi) is 5.63. The maximum absolute atomic E-state index is 12.2. The fraction of sp³-hybridized carbons (Fsp3) is 0.429. The van der Waals surface area contributed by atoms with Gasteiger partial charge in [-0.1, -0.05) is 17.7 Å². The van der Waals surface area contributed by atoms with E-state index in [-0.39, 0.29) is 24.2 Å². The van der Waals surface area contributed by atoms with Crippen molar-refractivity contribution in [2.24, 2.45) is 11.7 Å². The van der Waals surface area contributed by atoms with E-state index in [1.807, 2.05) is 12.1 Å². The molecule has 6 nitrogen and oxygen atoms in total. The number of amides is 1. The lowest BCUT2D eigenvalue weighted by Crippen LogP contribution is -2.44. The van der Waals surface area contributed by atoms with Crippen LogP contribution in [0.1, 0.15) is 12.8 Å². The average molecular weight is 345 g/mol. The molecule has 1 aliphatic rings. The van der Waals surface area contributed by atoms with E-state index in [0.29, 0.717) is 29.7 Å². The van der Waals surface area contributed by atoms with Gasteiger partial charge in [0.05, 0.1) is 16.6 Å². The minimum atomic E-state index is -0.558. The first-order valence-corrected chi connectivity index (χ1v) is 7.31. The van der Waals surface area contributed by atoms with Crippen LogP contribution in [0.25, 0.3) is 11.0 Å². The summed E-state index contributed by atoms with van der Waals surface area (Å²) in [6.45, 7) is 1.32. The van der Waals surface area contributed by atoms with Gasteiger partial charge in [-0.15, -0.1) is 12.4 Å². The van der Waals surface area contributed by atoms with Crippen LogP contribution in [0.3, 0.4) is 0 Å². The maximum atomic E-state index is 12.2. The van der Waals surface area contributed by atoms with E-state index in [1.54, 1.807) is 6.07 Å². The third kappa shape index (κ3) is 3.52. The first kappa shape index (κ1) is 17.0. The second kappa shape index (κ2) is 7.28. The summed E-state index contributed by atoms with van der Waals surface area (Å²) < 4.78 is 5.28. The number of aromatic nitrogens is 2. The monoisotopic (exact) mass is 344 g/mol. The standard InChI is InChI=1S/C14H17ClN4O2.ClH/c15-9-2-1-3-10-12(9)18-14(17-10)19-13(20)11(16)8-4-6-21-7-5-8;/h1-3,8,11H,4-7,16H2,(H2,17,18,19,20);1H. The van der Waals surface area contributed by atoms with Crippen molar-refractivity contribution in [2.75, 3.05) is 18.5 Å². The topological polar surface area (TPSA) is 93.0 Å². The number of halogens is 2. The molecule has 0 aliphatic carbocycles. The average Bonchev–Trinajstić information content (AvgIpc) is 2.91. The summed E-state index contributed by atoms with van der Waals surface area (Å²) in [6.07, 6.45) is 1.61. The van der Waals surface area contributed by atoms with E-state index in [0.717, 1.165) is 18.4 Å². The summed E-state index contributed by atoms with van der Waals surface area (Å²) >= 11 is 6.06. The maximum Gasteiger partial charge on any atom is 0.243 e. The molecule has 1 amide bonds. The molecule has 3 rings (SSSR count). The minimum absolute atomic E-state index is 0. The fourth-order valence-corrected chi connectivity index (χ4v) is 2.76. The molecular formula is C14H18Cl2N4O2. The van der Waals surface area contributed by atoms with Gasteiger partial charge < -0.3 is 15.5 Å².